The highest BCUT2D eigenvalue weighted by atomic mass is 127. The Bertz CT molecular complexity index is 490. The minimum absolute atomic E-state index is 0. The van der Waals surface area contributed by atoms with Gasteiger partial charge in [-0.15, -0.1) is 35.7 Å². The number of guanidine groups is 1. The van der Waals surface area contributed by atoms with Crippen LogP contribution in [0.3, 0.4) is 0 Å². The SMILES string of the molecule is CCN(CC)CCCNC(=NC)NCc1ccc(C)cc1SC.I. The number of nitrogens with zero attached hydrogens (tertiary/aromatic N) is 2. The molecule has 0 saturated carbocycles. The van der Waals surface area contributed by atoms with Gasteiger partial charge in [0.15, 0.2) is 5.96 Å². The highest BCUT2D eigenvalue weighted by molar-refractivity contribution is 14.0. The lowest BCUT2D eigenvalue weighted by Gasteiger charge is -2.18. The molecule has 0 heterocycles. The molecule has 0 saturated heterocycles. The Kier molecular flexibility index (Phi) is 13.5. The molecule has 0 aliphatic rings. The molecule has 2 N–H and O–H groups in total. The number of hydrogen-bond acceptors (Lipinski definition) is 3. The molecular weight excluding hydrogens is 431 g/mol. The van der Waals surface area contributed by atoms with E-state index in [9.17, 15) is 0 Å². The van der Waals surface area contributed by atoms with E-state index in [0.29, 0.717) is 0 Å². The van der Waals surface area contributed by atoms with Crippen molar-refractivity contribution in [1.82, 2.24) is 15.5 Å². The van der Waals surface area contributed by atoms with E-state index in [0.717, 1.165) is 45.1 Å². The van der Waals surface area contributed by atoms with Gasteiger partial charge in [-0.1, -0.05) is 26.0 Å². The van der Waals surface area contributed by atoms with E-state index in [4.69, 9.17) is 0 Å². The largest absolute Gasteiger partial charge is 0.356 e. The predicted molar refractivity (Wildman–Crippen MR) is 119 cm³/mol. The van der Waals surface area contributed by atoms with Gasteiger partial charge in [0.05, 0.1) is 0 Å². The molecule has 0 atom stereocenters. The van der Waals surface area contributed by atoms with Crippen molar-refractivity contribution in [3.8, 4) is 0 Å². The third-order valence-electron chi connectivity index (χ3n) is 3.95. The highest BCUT2D eigenvalue weighted by Gasteiger charge is 2.04. The van der Waals surface area contributed by atoms with Crippen molar-refractivity contribution in [2.75, 3.05) is 39.5 Å². The van der Waals surface area contributed by atoms with Crippen LogP contribution in [-0.2, 0) is 6.54 Å². The van der Waals surface area contributed by atoms with Gasteiger partial charge >= 0.3 is 0 Å². The smallest absolute Gasteiger partial charge is 0.191 e. The zero-order valence-corrected chi connectivity index (χ0v) is 18.8. The fourth-order valence-corrected chi connectivity index (χ4v) is 3.15. The number of aryl methyl sites for hydroxylation is 1. The molecule has 1 aromatic rings. The third-order valence-corrected chi connectivity index (χ3v) is 4.77. The Balaban J connectivity index is 0.00000529. The highest BCUT2D eigenvalue weighted by Crippen LogP contribution is 2.21. The van der Waals surface area contributed by atoms with E-state index < -0.39 is 0 Å². The third kappa shape index (κ3) is 8.58. The molecule has 0 spiro atoms. The number of thioether (sulfide) groups is 1. The predicted octanol–water partition coefficient (Wildman–Crippen LogP) is 3.73. The Morgan fingerprint density at radius 1 is 1.21 bits per heavy atom. The van der Waals surface area contributed by atoms with Crippen LogP contribution in [0.1, 0.15) is 31.4 Å². The second kappa shape index (κ2) is 13.8. The van der Waals surface area contributed by atoms with Crippen LogP contribution in [0, 0.1) is 6.92 Å². The van der Waals surface area contributed by atoms with E-state index in [1.165, 1.54) is 16.0 Å². The van der Waals surface area contributed by atoms with E-state index in [1.807, 2.05) is 7.05 Å². The number of halogens is 1. The molecule has 0 bridgehead atoms. The first-order chi connectivity index (χ1) is 11.1. The maximum absolute atomic E-state index is 4.31. The van der Waals surface area contributed by atoms with Gasteiger partial charge in [0.2, 0.25) is 0 Å². The summed E-state index contributed by atoms with van der Waals surface area (Å²) < 4.78 is 0. The number of aliphatic imine (C=N–C) groups is 1. The van der Waals surface area contributed by atoms with Crippen LogP contribution in [0.5, 0.6) is 0 Å². The topological polar surface area (TPSA) is 39.7 Å². The molecule has 4 nitrogen and oxygen atoms in total. The fraction of sp³-hybridized carbons (Fsp3) is 0.611. The van der Waals surface area contributed by atoms with Crippen molar-refractivity contribution < 1.29 is 0 Å². The summed E-state index contributed by atoms with van der Waals surface area (Å²) >= 11 is 1.79. The van der Waals surface area contributed by atoms with Gasteiger partial charge in [-0.3, -0.25) is 4.99 Å². The van der Waals surface area contributed by atoms with E-state index in [1.54, 1.807) is 11.8 Å². The van der Waals surface area contributed by atoms with Gasteiger partial charge < -0.3 is 15.5 Å². The molecule has 1 aromatic carbocycles. The van der Waals surface area contributed by atoms with Crippen LogP contribution in [0.15, 0.2) is 28.1 Å². The van der Waals surface area contributed by atoms with Crippen molar-refractivity contribution >= 4 is 41.7 Å². The van der Waals surface area contributed by atoms with E-state index in [-0.39, 0.29) is 24.0 Å². The summed E-state index contributed by atoms with van der Waals surface area (Å²) in [5, 5.41) is 6.81. The van der Waals surface area contributed by atoms with Crippen LogP contribution >= 0.6 is 35.7 Å². The summed E-state index contributed by atoms with van der Waals surface area (Å²) in [4.78, 5) is 8.07. The Morgan fingerprint density at radius 2 is 1.92 bits per heavy atom. The lowest BCUT2D eigenvalue weighted by molar-refractivity contribution is 0.300. The van der Waals surface area contributed by atoms with Gasteiger partial charge in [0.1, 0.15) is 0 Å². The van der Waals surface area contributed by atoms with Crippen LogP contribution in [0.4, 0.5) is 0 Å². The van der Waals surface area contributed by atoms with Crippen molar-refractivity contribution in [2.24, 2.45) is 4.99 Å². The Morgan fingerprint density at radius 3 is 2.50 bits per heavy atom. The maximum Gasteiger partial charge on any atom is 0.191 e. The second-order valence-electron chi connectivity index (χ2n) is 5.55. The fourth-order valence-electron chi connectivity index (χ4n) is 2.45. The average molecular weight is 464 g/mol. The number of nitrogens with one attached hydrogen (secondary N) is 2. The van der Waals surface area contributed by atoms with Crippen LogP contribution in [-0.4, -0.2) is 50.3 Å². The van der Waals surface area contributed by atoms with Gasteiger partial charge in [-0.25, -0.2) is 0 Å². The van der Waals surface area contributed by atoms with Crippen LogP contribution in [0.25, 0.3) is 0 Å². The van der Waals surface area contributed by atoms with Gasteiger partial charge in [0.25, 0.3) is 0 Å². The first-order valence-electron chi connectivity index (χ1n) is 8.44. The average Bonchev–Trinajstić information content (AvgIpc) is 2.58. The minimum Gasteiger partial charge on any atom is -0.356 e. The van der Waals surface area contributed by atoms with Crippen LogP contribution in [0.2, 0.25) is 0 Å². The summed E-state index contributed by atoms with van der Waals surface area (Å²) in [6, 6.07) is 6.60. The lowest BCUT2D eigenvalue weighted by Crippen LogP contribution is -2.38. The Hall–Kier alpha value is -0.470. The second-order valence-corrected chi connectivity index (χ2v) is 6.40. The molecule has 0 amide bonds. The summed E-state index contributed by atoms with van der Waals surface area (Å²) in [5.74, 6) is 0.872. The van der Waals surface area contributed by atoms with Crippen molar-refractivity contribution in [2.45, 2.75) is 38.6 Å². The number of benzene rings is 1. The molecule has 0 aliphatic carbocycles. The quantitative estimate of drug-likeness (QED) is 0.192. The standard InChI is InChI=1S/C18H32N4S.HI/c1-6-22(7-2)12-8-11-20-18(19-4)21-14-16-10-9-15(3)13-17(16)23-5;/h9-10,13H,6-8,11-12,14H2,1-5H3,(H2,19,20,21);1H. The first-order valence-corrected chi connectivity index (χ1v) is 9.67. The molecule has 24 heavy (non-hydrogen) atoms. The van der Waals surface area contributed by atoms with Gasteiger partial charge in [0, 0.05) is 25.0 Å². The molecule has 138 valence electrons. The Labute approximate surface area is 169 Å². The van der Waals surface area contributed by atoms with Gasteiger partial charge in [-0.05, 0) is 56.4 Å². The summed E-state index contributed by atoms with van der Waals surface area (Å²) in [5.41, 5.74) is 2.62. The number of hydrogen-bond donors (Lipinski definition) is 2. The molecule has 0 aliphatic heterocycles. The molecular formula is C18H33IN4S. The molecule has 0 unspecified atom stereocenters. The van der Waals surface area contributed by atoms with Gasteiger partial charge in [-0.2, -0.15) is 0 Å². The van der Waals surface area contributed by atoms with E-state index in [2.05, 4.69) is 65.8 Å². The summed E-state index contributed by atoms with van der Waals surface area (Å²) in [6.07, 6.45) is 3.25. The monoisotopic (exact) mass is 464 g/mol. The summed E-state index contributed by atoms with van der Waals surface area (Å²) in [7, 11) is 1.82. The maximum atomic E-state index is 4.31. The first kappa shape index (κ1) is 23.5. The normalized spacial score (nSPS) is 11.3. The molecule has 0 radical (unpaired) electrons. The summed E-state index contributed by atoms with van der Waals surface area (Å²) in [6.45, 7) is 11.7. The van der Waals surface area contributed by atoms with Crippen molar-refractivity contribution in [3.63, 3.8) is 0 Å². The molecule has 1 rings (SSSR count). The minimum atomic E-state index is 0. The molecule has 6 heteroatoms. The zero-order valence-electron chi connectivity index (χ0n) is 15.7. The molecule has 0 fully saturated rings. The van der Waals surface area contributed by atoms with Crippen LogP contribution < -0.4 is 10.6 Å². The lowest BCUT2D eigenvalue weighted by atomic mass is 10.1. The van der Waals surface area contributed by atoms with Crippen molar-refractivity contribution in [1.29, 1.82) is 0 Å². The number of rotatable bonds is 9. The van der Waals surface area contributed by atoms with E-state index >= 15 is 0 Å². The van der Waals surface area contributed by atoms with Crippen molar-refractivity contribution in [3.05, 3.63) is 29.3 Å². The zero-order chi connectivity index (χ0) is 17.1. The molecule has 0 aromatic heterocycles.